The molecule has 13 nitrogen and oxygen atoms in total. The molecule has 212 valence electrons. The first-order valence-corrected chi connectivity index (χ1v) is 14.9. The quantitative estimate of drug-likeness (QED) is 0.231. The predicted molar refractivity (Wildman–Crippen MR) is 142 cm³/mol. The van der Waals surface area contributed by atoms with E-state index < -0.39 is 37.4 Å². The summed E-state index contributed by atoms with van der Waals surface area (Å²) in [5, 5.41) is 5.83. The maximum atomic E-state index is 13.9. The average Bonchev–Trinajstić information content (AvgIpc) is 3.52. The van der Waals surface area contributed by atoms with E-state index in [4.69, 9.17) is 19.9 Å². The zero-order valence-electron chi connectivity index (χ0n) is 22.8. The van der Waals surface area contributed by atoms with Crippen molar-refractivity contribution < 1.29 is 28.4 Å². The Labute approximate surface area is 223 Å². The molecule has 0 saturated heterocycles. The van der Waals surface area contributed by atoms with Crippen LogP contribution in [0.15, 0.2) is 12.7 Å². The Bertz CT molecular complexity index is 1140. The number of anilines is 1. The Kier molecular flexibility index (Phi) is 10.6. The van der Waals surface area contributed by atoms with Gasteiger partial charge in [0.25, 0.3) is 0 Å². The number of carbonyl (C=O) groups is 2. The second-order valence-corrected chi connectivity index (χ2v) is 12.4. The number of aromatic nitrogens is 4. The number of nitrogen functional groups attached to an aromatic ring is 1. The minimum absolute atomic E-state index is 0.0698. The van der Waals surface area contributed by atoms with E-state index in [9.17, 15) is 14.2 Å². The topological polar surface area (TPSA) is 173 Å². The Balaban J connectivity index is 1.64. The summed E-state index contributed by atoms with van der Waals surface area (Å²) in [6.07, 6.45) is 5.69. The molecule has 1 fully saturated rings. The zero-order chi connectivity index (χ0) is 27.9. The van der Waals surface area contributed by atoms with Crippen LogP contribution >= 0.6 is 7.44 Å². The molecule has 0 aromatic carbocycles. The third-order valence-electron chi connectivity index (χ3n) is 6.17. The minimum atomic E-state index is -3.50. The monoisotopic (exact) mass is 553 g/mol. The molecule has 1 aliphatic carbocycles. The fraction of sp³-hybridized carbons (Fsp3) is 0.708. The summed E-state index contributed by atoms with van der Waals surface area (Å²) in [5.74, 6) is -1.16. The van der Waals surface area contributed by atoms with Gasteiger partial charge in [0, 0.05) is 6.54 Å². The van der Waals surface area contributed by atoms with Gasteiger partial charge in [-0.15, -0.1) is 0 Å². The summed E-state index contributed by atoms with van der Waals surface area (Å²) in [7, 11) is -3.50. The fourth-order valence-electron chi connectivity index (χ4n) is 4.08. The molecule has 2 aromatic heterocycles. The number of imidazole rings is 1. The van der Waals surface area contributed by atoms with Crippen LogP contribution in [0.4, 0.5) is 5.82 Å². The van der Waals surface area contributed by atoms with Crippen molar-refractivity contribution in [2.24, 2.45) is 5.92 Å². The van der Waals surface area contributed by atoms with Crippen LogP contribution in [0, 0.1) is 5.92 Å². The fourth-order valence-corrected chi connectivity index (χ4v) is 6.10. The Morgan fingerprint density at radius 1 is 1.13 bits per heavy atom. The highest BCUT2D eigenvalue weighted by Gasteiger charge is 2.32. The van der Waals surface area contributed by atoms with Gasteiger partial charge in [0.1, 0.15) is 30.3 Å². The average molecular weight is 554 g/mol. The van der Waals surface area contributed by atoms with Gasteiger partial charge in [-0.1, -0.05) is 6.92 Å². The minimum Gasteiger partial charge on any atom is -0.463 e. The van der Waals surface area contributed by atoms with Crippen molar-refractivity contribution >= 4 is 36.4 Å². The highest BCUT2D eigenvalue weighted by atomic mass is 31.2. The van der Waals surface area contributed by atoms with Crippen LogP contribution in [-0.4, -0.2) is 68.7 Å². The number of nitrogens with two attached hydrogens (primary N) is 1. The van der Waals surface area contributed by atoms with Gasteiger partial charge in [-0.3, -0.25) is 19.2 Å². The number of nitrogens with one attached hydrogen (secondary N) is 2. The van der Waals surface area contributed by atoms with Crippen LogP contribution in [0.3, 0.4) is 0 Å². The van der Waals surface area contributed by atoms with Gasteiger partial charge < -0.3 is 24.5 Å². The van der Waals surface area contributed by atoms with Crippen molar-refractivity contribution in [1.29, 1.82) is 0 Å². The second kappa shape index (κ2) is 13.5. The first-order valence-electron chi connectivity index (χ1n) is 13.0. The lowest BCUT2D eigenvalue weighted by Gasteiger charge is -2.27. The highest BCUT2D eigenvalue weighted by molar-refractivity contribution is 7.59. The molecule has 0 unspecified atom stereocenters. The standard InChI is InChI=1S/C24H40N7O6P/c1-15(2)36-23(32)16(3)10-29-38(34,30-18(5)24(33)37-19-8-6-7-9-19)14-35-17(4)11-31-13-28-20-21(25)26-12-27-22(20)31/h12-13,15-19H,6-11,14H2,1-5H3,(H2,25,26,27)(H2,29,30,34)/t16-,17+,18-,38-/m0/s1. The number of esters is 2. The summed E-state index contributed by atoms with van der Waals surface area (Å²) >= 11 is 0. The summed E-state index contributed by atoms with van der Waals surface area (Å²) in [5.41, 5.74) is 6.92. The molecule has 0 spiro atoms. The van der Waals surface area contributed by atoms with Gasteiger partial charge in [0.05, 0.1) is 31.0 Å². The van der Waals surface area contributed by atoms with Crippen LogP contribution in [0.1, 0.15) is 60.3 Å². The number of ether oxygens (including phenoxy) is 3. The van der Waals surface area contributed by atoms with E-state index >= 15 is 0 Å². The molecule has 3 rings (SSSR count). The van der Waals surface area contributed by atoms with E-state index in [1.54, 1.807) is 38.6 Å². The number of hydrogen-bond donors (Lipinski definition) is 3. The molecule has 0 radical (unpaired) electrons. The SMILES string of the molecule is CC(C)OC(=O)[C@@H](C)CN[P@@](=O)(CO[C@H](C)Cn1cnc2c(N)ncnc21)N[C@@H](C)C(=O)OC1CCCC1. The van der Waals surface area contributed by atoms with E-state index in [0.29, 0.717) is 17.7 Å². The maximum absolute atomic E-state index is 13.9. The third-order valence-corrected chi connectivity index (χ3v) is 8.18. The Morgan fingerprint density at radius 2 is 1.84 bits per heavy atom. The third kappa shape index (κ3) is 8.45. The lowest BCUT2D eigenvalue weighted by atomic mass is 10.2. The van der Waals surface area contributed by atoms with Crippen LogP contribution < -0.4 is 15.9 Å². The molecular formula is C24H40N7O6P. The Morgan fingerprint density at radius 3 is 2.53 bits per heavy atom. The second-order valence-electron chi connectivity index (χ2n) is 10.1. The number of fused-ring (bicyclic) bond motifs is 1. The lowest BCUT2D eigenvalue weighted by Crippen LogP contribution is -2.41. The zero-order valence-corrected chi connectivity index (χ0v) is 23.6. The molecule has 1 aliphatic rings. The molecule has 38 heavy (non-hydrogen) atoms. The first-order chi connectivity index (χ1) is 18.0. The molecule has 2 aromatic rings. The van der Waals surface area contributed by atoms with Crippen molar-refractivity contribution in [1.82, 2.24) is 29.7 Å². The number of carbonyl (C=O) groups excluding carboxylic acids is 2. The van der Waals surface area contributed by atoms with Crippen LogP contribution in [-0.2, 0) is 34.9 Å². The molecule has 0 amide bonds. The molecule has 0 bridgehead atoms. The normalized spacial score (nSPS) is 18.3. The largest absolute Gasteiger partial charge is 0.463 e. The molecule has 1 saturated carbocycles. The number of hydrogen-bond acceptors (Lipinski definition) is 10. The Hall–Kier alpha value is -2.60. The van der Waals surface area contributed by atoms with E-state index in [-0.39, 0.29) is 30.9 Å². The predicted octanol–water partition coefficient (Wildman–Crippen LogP) is 2.61. The smallest absolute Gasteiger partial charge is 0.323 e. The molecule has 4 N–H and O–H groups in total. The van der Waals surface area contributed by atoms with Crippen LogP contribution in [0.5, 0.6) is 0 Å². The van der Waals surface area contributed by atoms with Gasteiger partial charge in [-0.25, -0.2) is 20.0 Å². The van der Waals surface area contributed by atoms with Gasteiger partial charge in [-0.2, -0.15) is 0 Å². The van der Waals surface area contributed by atoms with Crippen molar-refractivity contribution in [3.05, 3.63) is 12.7 Å². The van der Waals surface area contributed by atoms with Gasteiger partial charge in [0.15, 0.2) is 11.5 Å². The van der Waals surface area contributed by atoms with Crippen LogP contribution in [0.25, 0.3) is 11.2 Å². The van der Waals surface area contributed by atoms with E-state index in [1.165, 1.54) is 6.33 Å². The van der Waals surface area contributed by atoms with Gasteiger partial charge >= 0.3 is 11.9 Å². The van der Waals surface area contributed by atoms with E-state index in [2.05, 4.69) is 25.1 Å². The van der Waals surface area contributed by atoms with E-state index in [1.807, 2.05) is 6.92 Å². The van der Waals surface area contributed by atoms with Crippen LogP contribution in [0.2, 0.25) is 0 Å². The van der Waals surface area contributed by atoms with Gasteiger partial charge in [0.2, 0.25) is 7.44 Å². The van der Waals surface area contributed by atoms with E-state index in [0.717, 1.165) is 25.7 Å². The first kappa shape index (κ1) is 29.9. The van der Waals surface area contributed by atoms with Gasteiger partial charge in [-0.05, 0) is 53.4 Å². The van der Waals surface area contributed by atoms with Crippen molar-refractivity contribution in [2.75, 3.05) is 18.6 Å². The molecular weight excluding hydrogens is 513 g/mol. The molecule has 4 atom stereocenters. The lowest BCUT2D eigenvalue weighted by molar-refractivity contribution is -0.152. The van der Waals surface area contributed by atoms with Crippen molar-refractivity contribution in [3.63, 3.8) is 0 Å². The summed E-state index contributed by atoms with van der Waals surface area (Å²) in [6.45, 7) is 9.07. The molecule has 14 heteroatoms. The highest BCUT2D eigenvalue weighted by Crippen LogP contribution is 2.38. The maximum Gasteiger partial charge on any atom is 0.323 e. The van der Waals surface area contributed by atoms with Crippen molar-refractivity contribution in [3.8, 4) is 0 Å². The summed E-state index contributed by atoms with van der Waals surface area (Å²) in [4.78, 5) is 37.3. The summed E-state index contributed by atoms with van der Waals surface area (Å²) < 4.78 is 32.5. The number of nitrogens with zero attached hydrogens (tertiary/aromatic N) is 4. The number of rotatable bonds is 14. The summed E-state index contributed by atoms with van der Waals surface area (Å²) in [6, 6.07) is -0.844. The molecule has 2 heterocycles. The van der Waals surface area contributed by atoms with Crippen molar-refractivity contribution in [2.45, 2.75) is 91.2 Å². The molecule has 0 aliphatic heterocycles.